The highest BCUT2D eigenvalue weighted by Gasteiger charge is 2.14. The minimum Gasteiger partial charge on any atom is -0.493 e. The summed E-state index contributed by atoms with van der Waals surface area (Å²) in [5.74, 6) is 1.12. The van der Waals surface area contributed by atoms with E-state index in [-0.39, 0.29) is 39.5 Å². The molecule has 8 nitrogen and oxygen atoms in total. The summed E-state index contributed by atoms with van der Waals surface area (Å²) in [6.45, 7) is 0. The summed E-state index contributed by atoms with van der Waals surface area (Å²) in [5, 5.41) is 4.05. The van der Waals surface area contributed by atoms with Crippen molar-refractivity contribution in [1.29, 1.82) is 0 Å². The molecule has 0 bridgehead atoms. The molecule has 9 heteroatoms. The molecule has 0 N–H and O–H groups in total. The van der Waals surface area contributed by atoms with Gasteiger partial charge in [0.1, 0.15) is 23.4 Å². The highest BCUT2D eigenvalue weighted by molar-refractivity contribution is 6.29. The summed E-state index contributed by atoms with van der Waals surface area (Å²) in [4.78, 5) is 24.8. The largest absolute Gasteiger partial charge is 0.493 e. The van der Waals surface area contributed by atoms with Crippen LogP contribution in [-0.4, -0.2) is 18.2 Å². The van der Waals surface area contributed by atoms with Crippen molar-refractivity contribution >= 4 is 28.5 Å². The topological polar surface area (TPSA) is 101 Å². The predicted molar refractivity (Wildman–Crippen MR) is 111 cm³/mol. The van der Waals surface area contributed by atoms with Gasteiger partial charge in [-0.15, -0.1) is 0 Å². The van der Waals surface area contributed by atoms with Crippen molar-refractivity contribution in [3.8, 4) is 23.0 Å². The number of rotatable bonds is 7. The molecule has 31 heavy (non-hydrogen) atoms. The van der Waals surface area contributed by atoms with Crippen LogP contribution < -0.4 is 19.6 Å². The number of aromatic nitrogens is 1. The molecule has 0 amide bonds. The molecule has 0 fully saturated rings. The van der Waals surface area contributed by atoms with Gasteiger partial charge in [-0.3, -0.25) is 9.59 Å². The molecule has 0 spiro atoms. The van der Waals surface area contributed by atoms with Crippen LogP contribution in [0.5, 0.6) is 23.0 Å². The van der Waals surface area contributed by atoms with Crippen LogP contribution in [0, 0.1) is 0 Å². The van der Waals surface area contributed by atoms with Gasteiger partial charge < -0.3 is 23.2 Å². The van der Waals surface area contributed by atoms with Gasteiger partial charge in [0, 0.05) is 18.6 Å². The standard InChI is InChI=1S/C22H16ClNO7/c1-27-16-4-2-3-5-17(16)30-19-12-28-18-10-13(6-8-15(18)22(19)26)29-21(25)9-7-14-11-20(23)24-31-14/h2-6,8,10-12H,7,9H2,1H3. The Morgan fingerprint density at radius 2 is 1.90 bits per heavy atom. The number of hydrogen-bond donors (Lipinski definition) is 0. The first kappa shape index (κ1) is 20.5. The Labute approximate surface area is 180 Å². The van der Waals surface area contributed by atoms with Gasteiger partial charge in [0.25, 0.3) is 0 Å². The molecule has 2 aromatic carbocycles. The molecule has 2 heterocycles. The Kier molecular flexibility index (Phi) is 5.90. The van der Waals surface area contributed by atoms with Gasteiger partial charge in [0.2, 0.25) is 11.2 Å². The molecule has 0 unspecified atom stereocenters. The monoisotopic (exact) mass is 441 g/mol. The molecule has 0 saturated heterocycles. The fourth-order valence-corrected chi connectivity index (χ4v) is 3.02. The number of benzene rings is 2. The minimum atomic E-state index is -0.481. The number of esters is 1. The highest BCUT2D eigenvalue weighted by atomic mass is 35.5. The van der Waals surface area contributed by atoms with Crippen LogP contribution in [0.3, 0.4) is 0 Å². The van der Waals surface area contributed by atoms with Crippen molar-refractivity contribution < 1.29 is 27.9 Å². The minimum absolute atomic E-state index is 0.00691. The number of hydrogen-bond acceptors (Lipinski definition) is 8. The van der Waals surface area contributed by atoms with E-state index < -0.39 is 5.97 Å². The van der Waals surface area contributed by atoms with Gasteiger partial charge in [0.15, 0.2) is 16.7 Å². The van der Waals surface area contributed by atoms with E-state index in [1.807, 2.05) is 0 Å². The third kappa shape index (κ3) is 4.70. The Hall–Kier alpha value is -3.78. The second-order valence-electron chi connectivity index (χ2n) is 6.43. The van der Waals surface area contributed by atoms with Crippen molar-refractivity contribution in [3.05, 3.63) is 75.9 Å². The van der Waals surface area contributed by atoms with Crippen molar-refractivity contribution in [3.63, 3.8) is 0 Å². The summed E-state index contributed by atoms with van der Waals surface area (Å²) >= 11 is 5.67. The molecule has 2 aromatic heterocycles. The number of para-hydroxylation sites is 2. The van der Waals surface area contributed by atoms with Crippen LogP contribution >= 0.6 is 11.6 Å². The molecular weight excluding hydrogens is 426 g/mol. The lowest BCUT2D eigenvalue weighted by molar-refractivity contribution is -0.134. The van der Waals surface area contributed by atoms with E-state index >= 15 is 0 Å². The fourth-order valence-electron chi connectivity index (χ4n) is 2.86. The maximum atomic E-state index is 12.8. The average molecular weight is 442 g/mol. The van der Waals surface area contributed by atoms with Gasteiger partial charge in [-0.1, -0.05) is 28.9 Å². The number of methoxy groups -OCH3 is 1. The van der Waals surface area contributed by atoms with E-state index in [2.05, 4.69) is 5.16 Å². The zero-order chi connectivity index (χ0) is 21.8. The summed E-state index contributed by atoms with van der Waals surface area (Å²) < 4.78 is 26.7. The molecular formula is C22H16ClNO7. The molecule has 158 valence electrons. The maximum Gasteiger partial charge on any atom is 0.311 e. The van der Waals surface area contributed by atoms with Gasteiger partial charge >= 0.3 is 5.97 Å². The quantitative estimate of drug-likeness (QED) is 0.298. The van der Waals surface area contributed by atoms with E-state index in [1.54, 1.807) is 24.3 Å². The van der Waals surface area contributed by atoms with Crippen LogP contribution in [0.1, 0.15) is 12.2 Å². The lowest BCUT2D eigenvalue weighted by Gasteiger charge is -2.10. The Morgan fingerprint density at radius 1 is 1.10 bits per heavy atom. The van der Waals surface area contributed by atoms with Crippen LogP contribution in [0.25, 0.3) is 11.0 Å². The molecule has 0 saturated carbocycles. The molecule has 4 rings (SSSR count). The fraction of sp³-hybridized carbons (Fsp3) is 0.136. The second-order valence-corrected chi connectivity index (χ2v) is 6.82. The SMILES string of the molecule is COc1ccccc1Oc1coc2cc(OC(=O)CCc3cc(Cl)no3)ccc2c1=O. The maximum absolute atomic E-state index is 12.8. The first-order valence-corrected chi connectivity index (χ1v) is 9.59. The highest BCUT2D eigenvalue weighted by Crippen LogP contribution is 2.30. The number of ether oxygens (including phenoxy) is 3. The zero-order valence-electron chi connectivity index (χ0n) is 16.3. The Morgan fingerprint density at radius 3 is 2.65 bits per heavy atom. The van der Waals surface area contributed by atoms with Gasteiger partial charge in [-0.25, -0.2) is 0 Å². The smallest absolute Gasteiger partial charge is 0.311 e. The summed E-state index contributed by atoms with van der Waals surface area (Å²) in [7, 11) is 1.51. The average Bonchev–Trinajstić information content (AvgIpc) is 3.20. The van der Waals surface area contributed by atoms with E-state index in [0.717, 1.165) is 0 Å². The van der Waals surface area contributed by atoms with Gasteiger partial charge in [-0.05, 0) is 24.3 Å². The van der Waals surface area contributed by atoms with Crippen LogP contribution in [0.2, 0.25) is 5.15 Å². The third-order valence-electron chi connectivity index (χ3n) is 4.34. The van der Waals surface area contributed by atoms with Gasteiger partial charge in [0.05, 0.1) is 18.9 Å². The van der Waals surface area contributed by atoms with E-state index in [4.69, 9.17) is 34.8 Å². The van der Waals surface area contributed by atoms with Crippen LogP contribution in [0.15, 0.2) is 68.5 Å². The number of carbonyl (C=O) groups excluding carboxylic acids is 1. The molecule has 0 aliphatic heterocycles. The van der Waals surface area contributed by atoms with E-state index in [9.17, 15) is 9.59 Å². The van der Waals surface area contributed by atoms with Crippen LogP contribution in [0.4, 0.5) is 0 Å². The molecule has 0 atom stereocenters. The number of fused-ring (bicyclic) bond motifs is 1. The summed E-state index contributed by atoms with van der Waals surface area (Å²) in [6, 6.07) is 13.0. The van der Waals surface area contributed by atoms with Crippen LogP contribution in [-0.2, 0) is 11.2 Å². The third-order valence-corrected chi connectivity index (χ3v) is 4.52. The first-order chi connectivity index (χ1) is 15.0. The molecule has 0 aliphatic rings. The predicted octanol–water partition coefficient (Wildman–Crippen LogP) is 4.77. The molecule has 0 radical (unpaired) electrons. The molecule has 4 aromatic rings. The number of halogens is 1. The lowest BCUT2D eigenvalue weighted by atomic mass is 10.2. The van der Waals surface area contributed by atoms with Crippen molar-refractivity contribution in [1.82, 2.24) is 5.16 Å². The zero-order valence-corrected chi connectivity index (χ0v) is 17.0. The summed E-state index contributed by atoms with van der Waals surface area (Å²) in [6.07, 6.45) is 1.57. The Bertz CT molecular complexity index is 1290. The number of aryl methyl sites for hydroxylation is 1. The number of nitrogens with zero attached hydrogens (tertiary/aromatic N) is 1. The van der Waals surface area contributed by atoms with Crippen molar-refractivity contribution in [2.75, 3.05) is 7.11 Å². The lowest BCUT2D eigenvalue weighted by Crippen LogP contribution is -2.09. The van der Waals surface area contributed by atoms with Crippen molar-refractivity contribution in [2.24, 2.45) is 0 Å². The normalized spacial score (nSPS) is 10.8. The van der Waals surface area contributed by atoms with E-state index in [1.165, 1.54) is 37.6 Å². The summed E-state index contributed by atoms with van der Waals surface area (Å²) in [5.41, 5.74) is -0.114. The first-order valence-electron chi connectivity index (χ1n) is 9.21. The Balaban J connectivity index is 1.49. The van der Waals surface area contributed by atoms with Gasteiger partial charge in [-0.2, -0.15) is 0 Å². The van der Waals surface area contributed by atoms with Crippen molar-refractivity contribution in [2.45, 2.75) is 12.8 Å². The second kappa shape index (κ2) is 8.93. The number of carbonyl (C=O) groups is 1. The molecule has 0 aliphatic carbocycles. The van der Waals surface area contributed by atoms with E-state index in [0.29, 0.717) is 23.7 Å².